The van der Waals surface area contributed by atoms with Crippen LogP contribution in [0.15, 0.2) is 54.6 Å². The van der Waals surface area contributed by atoms with Crippen LogP contribution in [0.5, 0.6) is 0 Å². The molecule has 37 heavy (non-hydrogen) atoms. The van der Waals surface area contributed by atoms with Crippen molar-refractivity contribution < 1.29 is 29.4 Å². The van der Waals surface area contributed by atoms with E-state index in [0.29, 0.717) is 44.9 Å². The molecule has 0 spiro atoms. The fourth-order valence-corrected chi connectivity index (χ4v) is 4.34. The fraction of sp³-hybridized carbons (Fsp3) is 0.333. The van der Waals surface area contributed by atoms with Crippen molar-refractivity contribution in [2.24, 2.45) is 5.92 Å². The highest BCUT2D eigenvalue weighted by atomic mass is 35.5. The maximum Gasteiger partial charge on any atom is 0.328 e. The third-order valence-electron chi connectivity index (χ3n) is 5.86. The molecule has 1 amide bonds. The number of nitrogens with one attached hydrogen (secondary N) is 1. The quantitative estimate of drug-likeness (QED) is 0.295. The zero-order chi connectivity index (χ0) is 27.4. The van der Waals surface area contributed by atoms with Crippen LogP contribution in [0.3, 0.4) is 0 Å². The Bertz CT molecular complexity index is 1130. The topological polar surface area (TPSA) is 124 Å². The first-order valence-electron chi connectivity index (χ1n) is 11.8. The number of carbonyl (C=O) groups excluding carboxylic acids is 2. The van der Waals surface area contributed by atoms with E-state index in [1.54, 1.807) is 49.5 Å². The molecule has 3 rings (SSSR count). The van der Waals surface area contributed by atoms with Crippen LogP contribution in [0.4, 0.5) is 5.69 Å². The molecular weight excluding hydrogens is 519 g/mol. The lowest BCUT2D eigenvalue weighted by molar-refractivity contribution is -0.134. The Morgan fingerprint density at radius 3 is 2.16 bits per heavy atom. The Morgan fingerprint density at radius 2 is 1.57 bits per heavy atom. The van der Waals surface area contributed by atoms with Gasteiger partial charge in [0, 0.05) is 35.3 Å². The standard InChI is InChI=1S/C23H26Cl2N2O2.C4H4O4/c1-27(22(28)15-26-14-16-7-3-2-4-8-16)21-12-11-17(24)13-19(21)23(29)18-9-5-6-10-20(18)25;5-3(6)1-2-4(7)8/h5-6,9-13,16,26H,2-4,7-8,14-15H2,1H3;1-2H,(H,5,6)(H,7,8)/b;2-1-. The highest BCUT2D eigenvalue weighted by molar-refractivity contribution is 6.36. The van der Waals surface area contributed by atoms with Gasteiger partial charge in [-0.3, -0.25) is 9.59 Å². The highest BCUT2D eigenvalue weighted by Gasteiger charge is 2.22. The molecule has 0 bridgehead atoms. The van der Waals surface area contributed by atoms with E-state index < -0.39 is 11.9 Å². The molecule has 0 saturated heterocycles. The Morgan fingerprint density at radius 1 is 0.946 bits per heavy atom. The number of hydrogen-bond donors (Lipinski definition) is 3. The number of carbonyl (C=O) groups is 4. The predicted octanol–water partition coefficient (Wildman–Crippen LogP) is 5.07. The van der Waals surface area contributed by atoms with Gasteiger partial charge in [0.2, 0.25) is 5.91 Å². The van der Waals surface area contributed by atoms with Crippen LogP contribution in [0, 0.1) is 5.92 Å². The summed E-state index contributed by atoms with van der Waals surface area (Å²) in [6.45, 7) is 1.08. The number of amides is 1. The molecule has 0 aliphatic heterocycles. The Balaban J connectivity index is 0.000000521. The van der Waals surface area contributed by atoms with Crippen molar-refractivity contribution in [3.8, 4) is 0 Å². The van der Waals surface area contributed by atoms with Gasteiger partial charge in [0.15, 0.2) is 5.78 Å². The maximum absolute atomic E-state index is 13.1. The van der Waals surface area contributed by atoms with E-state index in [1.807, 2.05) is 0 Å². The Hall–Kier alpha value is -3.20. The van der Waals surface area contributed by atoms with Gasteiger partial charge in [-0.25, -0.2) is 9.59 Å². The summed E-state index contributed by atoms with van der Waals surface area (Å²) in [5, 5.41) is 19.7. The number of halogens is 2. The van der Waals surface area contributed by atoms with Crippen LogP contribution in [-0.4, -0.2) is 54.0 Å². The van der Waals surface area contributed by atoms with Crippen molar-refractivity contribution in [2.75, 3.05) is 25.0 Å². The second-order valence-electron chi connectivity index (χ2n) is 8.57. The van der Waals surface area contributed by atoms with Gasteiger partial charge < -0.3 is 20.4 Å². The van der Waals surface area contributed by atoms with E-state index in [2.05, 4.69) is 5.32 Å². The molecular formula is C27H30Cl2N2O6. The molecule has 198 valence electrons. The Kier molecular flexibility index (Phi) is 12.3. The summed E-state index contributed by atoms with van der Waals surface area (Å²) in [6.07, 6.45) is 7.44. The van der Waals surface area contributed by atoms with Gasteiger partial charge in [0.05, 0.1) is 17.3 Å². The average Bonchev–Trinajstić information content (AvgIpc) is 2.88. The minimum atomic E-state index is -1.26. The number of likely N-dealkylation sites (N-methyl/N-ethyl adjacent to an activating group) is 1. The number of ketones is 1. The van der Waals surface area contributed by atoms with E-state index >= 15 is 0 Å². The van der Waals surface area contributed by atoms with Crippen LogP contribution in [0.2, 0.25) is 10.0 Å². The van der Waals surface area contributed by atoms with Crippen LogP contribution in [0.25, 0.3) is 0 Å². The van der Waals surface area contributed by atoms with Gasteiger partial charge in [0.25, 0.3) is 0 Å². The maximum atomic E-state index is 13.1. The molecule has 0 heterocycles. The van der Waals surface area contributed by atoms with Crippen LogP contribution >= 0.6 is 23.2 Å². The van der Waals surface area contributed by atoms with Crippen molar-refractivity contribution in [3.63, 3.8) is 0 Å². The number of carboxylic acids is 2. The number of anilines is 1. The molecule has 1 fully saturated rings. The Labute approximate surface area is 225 Å². The lowest BCUT2D eigenvalue weighted by Gasteiger charge is -2.24. The van der Waals surface area contributed by atoms with Crippen molar-refractivity contribution in [1.29, 1.82) is 0 Å². The number of carboxylic acid groups (broad SMARTS) is 2. The van der Waals surface area contributed by atoms with Crippen molar-refractivity contribution in [2.45, 2.75) is 32.1 Å². The molecule has 3 N–H and O–H groups in total. The first kappa shape index (κ1) is 30.0. The molecule has 0 aromatic heterocycles. The predicted molar refractivity (Wildman–Crippen MR) is 144 cm³/mol. The van der Waals surface area contributed by atoms with E-state index in [0.717, 1.165) is 6.54 Å². The van der Waals surface area contributed by atoms with E-state index in [4.69, 9.17) is 33.4 Å². The SMILES string of the molecule is CN(C(=O)CNCC1CCCCC1)c1ccc(Cl)cc1C(=O)c1ccccc1Cl.O=C(O)/C=C\C(=O)O. The lowest BCUT2D eigenvalue weighted by atomic mass is 9.89. The molecule has 0 unspecified atom stereocenters. The van der Waals surface area contributed by atoms with Gasteiger partial charge in [-0.05, 0) is 55.6 Å². The van der Waals surface area contributed by atoms with Crippen LogP contribution in [-0.2, 0) is 14.4 Å². The highest BCUT2D eigenvalue weighted by Crippen LogP contribution is 2.28. The molecule has 8 nitrogen and oxygen atoms in total. The summed E-state index contributed by atoms with van der Waals surface area (Å²) in [5.74, 6) is -2.23. The van der Waals surface area contributed by atoms with E-state index in [-0.39, 0.29) is 18.2 Å². The monoisotopic (exact) mass is 548 g/mol. The van der Waals surface area contributed by atoms with Gasteiger partial charge >= 0.3 is 11.9 Å². The minimum Gasteiger partial charge on any atom is -0.478 e. The normalized spacial score (nSPS) is 13.5. The zero-order valence-electron chi connectivity index (χ0n) is 20.5. The number of rotatable bonds is 9. The summed E-state index contributed by atoms with van der Waals surface area (Å²) in [4.78, 5) is 46.4. The molecule has 0 radical (unpaired) electrons. The zero-order valence-corrected chi connectivity index (χ0v) is 22.0. The first-order chi connectivity index (χ1) is 17.6. The molecule has 1 aliphatic carbocycles. The summed E-state index contributed by atoms with van der Waals surface area (Å²) in [7, 11) is 1.68. The second-order valence-corrected chi connectivity index (χ2v) is 9.41. The minimum absolute atomic E-state index is 0.101. The fourth-order valence-electron chi connectivity index (χ4n) is 3.94. The molecule has 0 atom stereocenters. The number of hydrogen-bond acceptors (Lipinski definition) is 5. The van der Waals surface area contributed by atoms with Gasteiger partial charge in [0.1, 0.15) is 0 Å². The molecule has 2 aromatic carbocycles. The molecule has 10 heteroatoms. The van der Waals surface area contributed by atoms with Crippen molar-refractivity contribution in [1.82, 2.24) is 5.32 Å². The first-order valence-corrected chi connectivity index (χ1v) is 12.6. The third kappa shape index (κ3) is 9.99. The summed E-state index contributed by atoms with van der Waals surface area (Å²) < 4.78 is 0. The molecule has 1 saturated carbocycles. The van der Waals surface area contributed by atoms with Crippen molar-refractivity contribution in [3.05, 3.63) is 75.8 Å². The second kappa shape index (κ2) is 15.1. The third-order valence-corrected chi connectivity index (χ3v) is 6.42. The number of aliphatic carboxylic acids is 2. The number of nitrogens with zero attached hydrogens (tertiary/aromatic N) is 1. The van der Waals surface area contributed by atoms with Crippen molar-refractivity contribution >= 4 is 52.5 Å². The lowest BCUT2D eigenvalue weighted by Crippen LogP contribution is -2.38. The van der Waals surface area contributed by atoms with E-state index in [9.17, 15) is 19.2 Å². The van der Waals surface area contributed by atoms with Crippen LogP contribution < -0.4 is 10.2 Å². The van der Waals surface area contributed by atoms with Gasteiger partial charge in [-0.15, -0.1) is 0 Å². The smallest absolute Gasteiger partial charge is 0.328 e. The van der Waals surface area contributed by atoms with Crippen LogP contribution in [0.1, 0.15) is 48.0 Å². The number of benzene rings is 2. The summed E-state index contributed by atoms with van der Waals surface area (Å²) in [6, 6.07) is 11.8. The summed E-state index contributed by atoms with van der Waals surface area (Å²) >= 11 is 12.3. The molecule has 2 aromatic rings. The average molecular weight is 549 g/mol. The largest absolute Gasteiger partial charge is 0.478 e. The van der Waals surface area contributed by atoms with E-state index in [1.165, 1.54) is 37.0 Å². The van der Waals surface area contributed by atoms with Gasteiger partial charge in [-0.2, -0.15) is 0 Å². The van der Waals surface area contributed by atoms with Gasteiger partial charge in [-0.1, -0.05) is 54.6 Å². The summed E-state index contributed by atoms with van der Waals surface area (Å²) in [5.41, 5.74) is 1.26. The molecule has 1 aliphatic rings.